The second-order valence-electron chi connectivity index (χ2n) is 9.18. The van der Waals surface area contributed by atoms with Gasteiger partial charge >= 0.3 is 0 Å². The monoisotopic (exact) mass is 562 g/mol. The number of carbonyl (C=O) groups is 1. The van der Waals surface area contributed by atoms with Gasteiger partial charge in [-0.15, -0.1) is 0 Å². The molecule has 1 aromatic carbocycles. The molecule has 2 N–H and O–H groups in total. The molecule has 2 aliphatic heterocycles. The highest BCUT2D eigenvalue weighted by atomic mass is 79.9. The number of hydrogen-bond donors (Lipinski definition) is 2. The number of rotatable bonds is 6. The van der Waals surface area contributed by atoms with Crippen molar-refractivity contribution >= 4 is 44.8 Å². The van der Waals surface area contributed by atoms with Gasteiger partial charge in [-0.3, -0.25) is 10.2 Å². The van der Waals surface area contributed by atoms with E-state index in [1.165, 1.54) is 11.8 Å². The van der Waals surface area contributed by atoms with Crippen LogP contribution in [-0.2, 0) is 11.3 Å². The van der Waals surface area contributed by atoms with Crippen LogP contribution >= 0.6 is 27.7 Å². The molecule has 3 aromatic rings. The molecule has 1 amide bonds. The minimum absolute atomic E-state index is 0.0158. The lowest BCUT2D eigenvalue weighted by atomic mass is 9.93. The number of ether oxygens (including phenoxy) is 2. The van der Waals surface area contributed by atoms with Crippen LogP contribution in [0.1, 0.15) is 25.7 Å². The molecule has 6 rings (SSSR count). The average molecular weight is 563 g/mol. The smallest absolute Gasteiger partial charge is 0.231 e. The number of aryl methyl sites for hydroxylation is 1. The van der Waals surface area contributed by atoms with Gasteiger partial charge in [0.05, 0.1) is 12.2 Å². The maximum Gasteiger partial charge on any atom is 0.231 e. The third-order valence-corrected chi connectivity index (χ3v) is 8.73. The minimum Gasteiger partial charge on any atom is -0.454 e. The molecule has 1 aliphatic carbocycles. The molecule has 184 valence electrons. The van der Waals surface area contributed by atoms with Crippen LogP contribution in [0.25, 0.3) is 11.2 Å². The van der Waals surface area contributed by atoms with Crippen LogP contribution in [0.4, 0.5) is 4.39 Å². The van der Waals surface area contributed by atoms with E-state index in [9.17, 15) is 9.18 Å². The normalized spacial score (nSPS) is 21.6. The molecule has 1 saturated carbocycles. The number of alkyl halides is 1. The molecular formula is C23H24BrFN6O3S. The standard InChI is InChI=1S/C23H24BrFN6O3S/c24-14-8-16-17(34-11-33-16)9-18(14)35-23-28-19-20(26)27-10-31(21(19)29-23)6-3-12-1-4-30(5-2-12)22(32)13-7-15(13)25/h8-10,12-13,15,26H,1-7,11H2,(H,28,29)/t13?,15-/m0/s1. The Labute approximate surface area is 213 Å². The maximum atomic E-state index is 13.2. The predicted molar refractivity (Wildman–Crippen MR) is 129 cm³/mol. The fourth-order valence-corrected chi connectivity index (χ4v) is 6.05. The van der Waals surface area contributed by atoms with Crippen molar-refractivity contribution in [2.75, 3.05) is 19.9 Å². The SMILES string of the molecule is N=c1ncn(CCC2CCN(C(=O)C3C[C@@H]3F)CC2)c2nc(Sc3cc4c(cc3Br)OCO4)[nH]c12. The van der Waals surface area contributed by atoms with Crippen LogP contribution in [0.3, 0.4) is 0 Å². The summed E-state index contributed by atoms with van der Waals surface area (Å²) in [6.07, 6.45) is 3.89. The summed E-state index contributed by atoms with van der Waals surface area (Å²) in [6.45, 7) is 2.33. The van der Waals surface area contributed by atoms with Crippen molar-refractivity contribution in [1.29, 1.82) is 5.41 Å². The summed E-state index contributed by atoms with van der Waals surface area (Å²) in [5, 5.41) is 8.89. The number of imidazole rings is 1. The Morgan fingerprint density at radius 1 is 1.29 bits per heavy atom. The molecule has 12 heteroatoms. The summed E-state index contributed by atoms with van der Waals surface area (Å²) in [5.74, 6) is 1.47. The third kappa shape index (κ3) is 4.53. The number of fused-ring (bicyclic) bond motifs is 2. The zero-order valence-electron chi connectivity index (χ0n) is 18.8. The Balaban J connectivity index is 1.13. The second-order valence-corrected chi connectivity index (χ2v) is 11.1. The van der Waals surface area contributed by atoms with E-state index in [0.717, 1.165) is 35.2 Å². The molecule has 1 saturated heterocycles. The molecule has 2 aromatic heterocycles. The van der Waals surface area contributed by atoms with Gasteiger partial charge in [-0.2, -0.15) is 0 Å². The molecule has 2 fully saturated rings. The van der Waals surface area contributed by atoms with Gasteiger partial charge in [0.1, 0.15) is 11.7 Å². The second kappa shape index (κ2) is 9.12. The van der Waals surface area contributed by atoms with E-state index in [1.807, 2.05) is 21.6 Å². The molecule has 0 radical (unpaired) electrons. The van der Waals surface area contributed by atoms with Crippen LogP contribution < -0.4 is 15.0 Å². The Bertz CT molecular complexity index is 1360. The van der Waals surface area contributed by atoms with Crippen LogP contribution in [0.2, 0.25) is 0 Å². The third-order valence-electron chi connectivity index (χ3n) is 6.87. The fourth-order valence-electron chi connectivity index (χ4n) is 4.67. The van der Waals surface area contributed by atoms with Gasteiger partial charge in [0, 0.05) is 29.0 Å². The lowest BCUT2D eigenvalue weighted by Crippen LogP contribution is -2.39. The van der Waals surface area contributed by atoms with Crippen molar-refractivity contribution in [3.63, 3.8) is 0 Å². The first-order valence-corrected chi connectivity index (χ1v) is 13.3. The van der Waals surface area contributed by atoms with Crippen molar-refractivity contribution < 1.29 is 18.7 Å². The molecular weight excluding hydrogens is 539 g/mol. The Kier molecular flexibility index (Phi) is 5.95. The number of nitrogens with one attached hydrogen (secondary N) is 2. The number of aromatic amines is 1. The van der Waals surface area contributed by atoms with E-state index in [-0.39, 0.29) is 18.2 Å². The number of benzene rings is 1. The zero-order valence-corrected chi connectivity index (χ0v) is 21.2. The number of nitrogens with zero attached hydrogens (tertiary/aromatic N) is 4. The van der Waals surface area contributed by atoms with E-state index in [1.54, 1.807) is 6.33 Å². The molecule has 0 spiro atoms. The van der Waals surface area contributed by atoms with E-state index in [0.29, 0.717) is 53.2 Å². The summed E-state index contributed by atoms with van der Waals surface area (Å²) >= 11 is 5.02. The van der Waals surface area contributed by atoms with Gasteiger partial charge in [-0.1, -0.05) is 11.8 Å². The summed E-state index contributed by atoms with van der Waals surface area (Å²) in [4.78, 5) is 27.3. The highest BCUT2D eigenvalue weighted by molar-refractivity contribution is 9.10. The van der Waals surface area contributed by atoms with E-state index in [4.69, 9.17) is 19.9 Å². The number of carbonyl (C=O) groups excluding carboxylic acids is 1. The lowest BCUT2D eigenvalue weighted by Gasteiger charge is -2.32. The summed E-state index contributed by atoms with van der Waals surface area (Å²) in [6, 6.07) is 3.79. The fraction of sp³-hybridized carbons (Fsp3) is 0.478. The van der Waals surface area contributed by atoms with Crippen molar-refractivity contribution in [3.8, 4) is 11.5 Å². The predicted octanol–water partition coefficient (Wildman–Crippen LogP) is 3.87. The molecule has 1 unspecified atom stereocenters. The van der Waals surface area contributed by atoms with E-state index < -0.39 is 12.1 Å². The Hall–Kier alpha value is -2.60. The first kappa shape index (κ1) is 22.8. The van der Waals surface area contributed by atoms with Gasteiger partial charge in [0.15, 0.2) is 27.8 Å². The van der Waals surface area contributed by atoms with Crippen molar-refractivity contribution in [2.24, 2.45) is 11.8 Å². The summed E-state index contributed by atoms with van der Waals surface area (Å²) in [7, 11) is 0. The molecule has 35 heavy (non-hydrogen) atoms. The number of H-pyrrole nitrogens is 1. The highest BCUT2D eigenvalue weighted by Crippen LogP contribution is 2.42. The summed E-state index contributed by atoms with van der Waals surface area (Å²) in [5.41, 5.74) is 1.44. The van der Waals surface area contributed by atoms with Gasteiger partial charge in [0.25, 0.3) is 0 Å². The van der Waals surface area contributed by atoms with Crippen molar-refractivity contribution in [3.05, 3.63) is 28.4 Å². The Morgan fingerprint density at radius 2 is 2.03 bits per heavy atom. The van der Waals surface area contributed by atoms with Gasteiger partial charge in [-0.25, -0.2) is 14.4 Å². The zero-order chi connectivity index (χ0) is 24.1. The lowest BCUT2D eigenvalue weighted by molar-refractivity contribution is -0.134. The quantitative estimate of drug-likeness (QED) is 0.472. The number of aromatic nitrogens is 4. The number of piperidine rings is 1. The average Bonchev–Trinajstić information content (AvgIpc) is 3.21. The van der Waals surface area contributed by atoms with Gasteiger partial charge in [0.2, 0.25) is 12.7 Å². The number of amides is 1. The van der Waals surface area contributed by atoms with Crippen molar-refractivity contribution in [2.45, 2.75) is 48.5 Å². The minimum atomic E-state index is -0.936. The van der Waals surface area contributed by atoms with Crippen molar-refractivity contribution in [1.82, 2.24) is 24.4 Å². The van der Waals surface area contributed by atoms with Crippen LogP contribution in [0.15, 0.2) is 33.0 Å². The molecule has 9 nitrogen and oxygen atoms in total. The number of likely N-dealkylation sites (tertiary alicyclic amines) is 1. The summed E-state index contributed by atoms with van der Waals surface area (Å²) < 4.78 is 27.0. The first-order chi connectivity index (χ1) is 17.0. The van der Waals surface area contributed by atoms with Crippen LogP contribution in [-0.4, -0.2) is 56.4 Å². The number of hydrogen-bond acceptors (Lipinski definition) is 7. The maximum absolute atomic E-state index is 13.2. The van der Waals surface area contributed by atoms with Gasteiger partial charge in [-0.05, 0) is 59.7 Å². The molecule has 4 heterocycles. The van der Waals surface area contributed by atoms with Crippen LogP contribution in [0, 0.1) is 17.2 Å². The first-order valence-electron chi connectivity index (χ1n) is 11.7. The highest BCUT2D eigenvalue weighted by Gasteiger charge is 2.46. The number of halogens is 2. The molecule has 0 bridgehead atoms. The topological polar surface area (TPSA) is 109 Å². The van der Waals surface area contributed by atoms with E-state index >= 15 is 0 Å². The van der Waals surface area contributed by atoms with Gasteiger partial charge < -0.3 is 23.9 Å². The molecule has 3 aliphatic rings. The van der Waals surface area contributed by atoms with E-state index in [2.05, 4.69) is 25.9 Å². The Morgan fingerprint density at radius 3 is 2.77 bits per heavy atom. The largest absolute Gasteiger partial charge is 0.454 e. The molecule has 2 atom stereocenters. The van der Waals surface area contributed by atoms with Crippen LogP contribution in [0.5, 0.6) is 11.5 Å².